The molecule has 0 saturated heterocycles. The number of aryl methyl sites for hydroxylation is 1. The Balaban J connectivity index is 1.88. The molecule has 2 aromatic rings. The number of nitrogens with zero attached hydrogens (tertiary/aromatic N) is 2. The Morgan fingerprint density at radius 3 is 2.58 bits per heavy atom. The van der Waals surface area contributed by atoms with Crippen molar-refractivity contribution in [3.63, 3.8) is 0 Å². The van der Waals surface area contributed by atoms with Crippen molar-refractivity contribution in [1.82, 2.24) is 9.97 Å². The monoisotopic (exact) mass is 255 g/mol. The molecule has 1 saturated carbocycles. The van der Waals surface area contributed by atoms with Gasteiger partial charge < -0.3 is 5.32 Å². The Hall–Kier alpha value is -1.64. The molecule has 1 aromatic carbocycles. The van der Waals surface area contributed by atoms with Gasteiger partial charge in [0.15, 0.2) is 0 Å². The number of aromatic nitrogens is 2. The average Bonchev–Trinajstić information content (AvgIpc) is 2.41. The van der Waals surface area contributed by atoms with Crippen LogP contribution in [0.15, 0.2) is 24.3 Å². The summed E-state index contributed by atoms with van der Waals surface area (Å²) in [5, 5.41) is 4.77. The molecule has 0 unspecified atom stereocenters. The summed E-state index contributed by atoms with van der Waals surface area (Å²) in [7, 11) is 0. The van der Waals surface area contributed by atoms with Crippen molar-refractivity contribution in [3.8, 4) is 0 Å². The van der Waals surface area contributed by atoms with Crippen LogP contribution in [0.4, 0.5) is 5.82 Å². The molecule has 1 heterocycles. The third kappa shape index (κ3) is 2.70. The van der Waals surface area contributed by atoms with Crippen LogP contribution < -0.4 is 5.32 Å². The van der Waals surface area contributed by atoms with Crippen molar-refractivity contribution in [2.75, 3.05) is 5.32 Å². The molecule has 3 heteroatoms. The molecule has 0 spiro atoms. The highest BCUT2D eigenvalue weighted by Gasteiger charge is 2.19. The van der Waals surface area contributed by atoms with E-state index in [1.807, 2.05) is 13.0 Å². The largest absolute Gasteiger partial charge is 0.367 e. The first kappa shape index (κ1) is 12.4. The predicted molar refractivity (Wildman–Crippen MR) is 79.3 cm³/mol. The van der Waals surface area contributed by atoms with E-state index in [0.29, 0.717) is 6.04 Å². The molecule has 1 aliphatic rings. The minimum Gasteiger partial charge on any atom is -0.367 e. The van der Waals surface area contributed by atoms with E-state index in [1.165, 1.54) is 25.7 Å². The minimum atomic E-state index is 0.564. The summed E-state index contributed by atoms with van der Waals surface area (Å²) in [6, 6.07) is 8.80. The van der Waals surface area contributed by atoms with Crippen molar-refractivity contribution in [2.45, 2.75) is 45.6 Å². The molecular weight excluding hydrogens is 234 g/mol. The van der Waals surface area contributed by atoms with E-state index in [1.54, 1.807) is 0 Å². The number of benzene rings is 1. The lowest BCUT2D eigenvalue weighted by Crippen LogP contribution is -2.25. The summed E-state index contributed by atoms with van der Waals surface area (Å²) >= 11 is 0. The summed E-state index contributed by atoms with van der Waals surface area (Å²) in [6.45, 7) is 4.31. The maximum absolute atomic E-state index is 4.59. The Labute approximate surface area is 114 Å². The predicted octanol–water partition coefficient (Wildman–Crippen LogP) is 3.93. The number of nitrogens with one attached hydrogen (secondary N) is 1. The zero-order chi connectivity index (χ0) is 13.2. The highest BCUT2D eigenvalue weighted by Crippen LogP contribution is 2.27. The van der Waals surface area contributed by atoms with Gasteiger partial charge in [0.05, 0.1) is 5.52 Å². The molecule has 0 bridgehead atoms. The van der Waals surface area contributed by atoms with E-state index in [9.17, 15) is 0 Å². The van der Waals surface area contributed by atoms with Gasteiger partial charge in [0, 0.05) is 11.4 Å². The van der Waals surface area contributed by atoms with Gasteiger partial charge in [0.2, 0.25) is 0 Å². The molecule has 0 amide bonds. The third-order valence-electron chi connectivity index (χ3n) is 4.07. The molecule has 100 valence electrons. The highest BCUT2D eigenvalue weighted by atomic mass is 15.0. The standard InChI is InChI=1S/C16H21N3/c1-11-7-9-13(10-8-11)19-16-14-5-3-4-6-15(14)17-12(2)18-16/h3-6,11,13H,7-10H2,1-2H3,(H,17,18,19). The van der Waals surface area contributed by atoms with Crippen molar-refractivity contribution >= 4 is 16.7 Å². The smallest absolute Gasteiger partial charge is 0.137 e. The number of fused-ring (bicyclic) bond motifs is 1. The van der Waals surface area contributed by atoms with E-state index in [4.69, 9.17) is 0 Å². The van der Waals surface area contributed by atoms with E-state index >= 15 is 0 Å². The molecule has 3 rings (SSSR count). The van der Waals surface area contributed by atoms with Crippen molar-refractivity contribution < 1.29 is 0 Å². The molecule has 19 heavy (non-hydrogen) atoms. The second-order valence-corrected chi connectivity index (χ2v) is 5.74. The third-order valence-corrected chi connectivity index (χ3v) is 4.07. The molecule has 1 fully saturated rings. The summed E-state index contributed by atoms with van der Waals surface area (Å²) in [4.78, 5) is 9.08. The second-order valence-electron chi connectivity index (χ2n) is 5.74. The van der Waals surface area contributed by atoms with Gasteiger partial charge in [-0.1, -0.05) is 19.1 Å². The SMILES string of the molecule is Cc1nc(NC2CCC(C)CC2)c2ccccc2n1. The molecule has 3 nitrogen and oxygen atoms in total. The fraction of sp³-hybridized carbons (Fsp3) is 0.500. The quantitative estimate of drug-likeness (QED) is 0.883. The van der Waals surface area contributed by atoms with E-state index in [2.05, 4.69) is 40.4 Å². The zero-order valence-electron chi connectivity index (χ0n) is 11.7. The summed E-state index contributed by atoms with van der Waals surface area (Å²) in [5.74, 6) is 2.72. The lowest BCUT2D eigenvalue weighted by atomic mass is 9.87. The van der Waals surface area contributed by atoms with Crippen LogP contribution in [-0.4, -0.2) is 16.0 Å². The molecule has 1 aromatic heterocycles. The Bertz CT molecular complexity index is 571. The van der Waals surface area contributed by atoms with Crippen LogP contribution in [0.2, 0.25) is 0 Å². The highest BCUT2D eigenvalue weighted by molar-refractivity contribution is 5.89. The average molecular weight is 255 g/mol. The van der Waals surface area contributed by atoms with Gasteiger partial charge in [-0.15, -0.1) is 0 Å². The summed E-state index contributed by atoms with van der Waals surface area (Å²) in [5.41, 5.74) is 1.03. The van der Waals surface area contributed by atoms with Crippen molar-refractivity contribution in [1.29, 1.82) is 0 Å². The fourth-order valence-electron chi connectivity index (χ4n) is 2.90. The van der Waals surface area contributed by atoms with Gasteiger partial charge in [0.1, 0.15) is 11.6 Å². The molecule has 0 atom stereocenters. The zero-order valence-corrected chi connectivity index (χ0v) is 11.7. The number of hydrogen-bond acceptors (Lipinski definition) is 3. The maximum atomic E-state index is 4.59. The lowest BCUT2D eigenvalue weighted by Gasteiger charge is -2.27. The topological polar surface area (TPSA) is 37.8 Å². The van der Waals surface area contributed by atoms with Crippen molar-refractivity contribution in [3.05, 3.63) is 30.1 Å². The maximum Gasteiger partial charge on any atom is 0.137 e. The van der Waals surface area contributed by atoms with Crippen LogP contribution in [0.1, 0.15) is 38.4 Å². The van der Waals surface area contributed by atoms with Crippen LogP contribution in [0.5, 0.6) is 0 Å². The van der Waals surface area contributed by atoms with Crippen LogP contribution in [0.3, 0.4) is 0 Å². The molecule has 1 aliphatic carbocycles. The first-order valence-corrected chi connectivity index (χ1v) is 7.22. The Morgan fingerprint density at radius 1 is 1.05 bits per heavy atom. The number of rotatable bonds is 2. The number of para-hydroxylation sites is 1. The number of hydrogen-bond donors (Lipinski definition) is 1. The second kappa shape index (κ2) is 5.16. The first-order chi connectivity index (χ1) is 9.22. The van der Waals surface area contributed by atoms with E-state index in [0.717, 1.165) is 28.5 Å². The van der Waals surface area contributed by atoms with E-state index in [-0.39, 0.29) is 0 Å². The summed E-state index contributed by atoms with van der Waals surface area (Å²) in [6.07, 6.45) is 5.14. The molecular formula is C16H21N3. The van der Waals surface area contributed by atoms with Gasteiger partial charge in [-0.2, -0.15) is 0 Å². The molecule has 0 radical (unpaired) electrons. The van der Waals surface area contributed by atoms with Gasteiger partial charge >= 0.3 is 0 Å². The van der Waals surface area contributed by atoms with Gasteiger partial charge in [-0.25, -0.2) is 9.97 Å². The van der Waals surface area contributed by atoms with Gasteiger partial charge in [-0.05, 0) is 50.7 Å². The first-order valence-electron chi connectivity index (χ1n) is 7.22. The molecule has 1 N–H and O–H groups in total. The van der Waals surface area contributed by atoms with Gasteiger partial charge in [0.25, 0.3) is 0 Å². The van der Waals surface area contributed by atoms with Crippen LogP contribution >= 0.6 is 0 Å². The Kier molecular flexibility index (Phi) is 3.36. The van der Waals surface area contributed by atoms with Crippen LogP contribution in [0.25, 0.3) is 10.9 Å². The van der Waals surface area contributed by atoms with Crippen LogP contribution in [0, 0.1) is 12.8 Å². The Morgan fingerprint density at radius 2 is 1.79 bits per heavy atom. The fourth-order valence-corrected chi connectivity index (χ4v) is 2.90. The normalized spacial score (nSPS) is 23.5. The van der Waals surface area contributed by atoms with Crippen molar-refractivity contribution in [2.24, 2.45) is 5.92 Å². The van der Waals surface area contributed by atoms with Crippen LogP contribution in [-0.2, 0) is 0 Å². The lowest BCUT2D eigenvalue weighted by molar-refractivity contribution is 0.361. The summed E-state index contributed by atoms with van der Waals surface area (Å²) < 4.78 is 0. The molecule has 0 aliphatic heterocycles. The van der Waals surface area contributed by atoms with Gasteiger partial charge in [-0.3, -0.25) is 0 Å². The minimum absolute atomic E-state index is 0.564. The van der Waals surface area contributed by atoms with E-state index < -0.39 is 0 Å². The number of anilines is 1.